The molecule has 2 aromatic rings. The summed E-state index contributed by atoms with van der Waals surface area (Å²) in [6, 6.07) is 16.5. The average molecular weight is 383 g/mol. The number of hydrogen-bond acceptors (Lipinski definition) is 5. The first-order valence-corrected chi connectivity index (χ1v) is 9.69. The standard InChI is InChI=1S/C22H30N4O2/c1-22(2,3)28-21(27)26-14-13-25(16-26)19-12-8-11-18(20(19)23-4)24-15-17-9-6-5-7-10-17/h5-12,23-24H,13-16H2,1-4H3. The summed E-state index contributed by atoms with van der Waals surface area (Å²) >= 11 is 0. The highest BCUT2D eigenvalue weighted by Crippen LogP contribution is 2.34. The quantitative estimate of drug-likeness (QED) is 0.805. The molecule has 6 heteroatoms. The fraction of sp³-hybridized carbons (Fsp3) is 0.409. The first kappa shape index (κ1) is 19.9. The minimum Gasteiger partial charge on any atom is -0.444 e. The van der Waals surface area contributed by atoms with Crippen molar-refractivity contribution in [1.82, 2.24) is 4.90 Å². The number of benzene rings is 2. The van der Waals surface area contributed by atoms with Gasteiger partial charge in [0.05, 0.1) is 23.7 Å². The highest BCUT2D eigenvalue weighted by molar-refractivity contribution is 5.83. The Kier molecular flexibility index (Phi) is 5.97. The number of anilines is 3. The molecule has 0 aromatic heterocycles. The number of amides is 1. The monoisotopic (exact) mass is 382 g/mol. The molecule has 1 heterocycles. The summed E-state index contributed by atoms with van der Waals surface area (Å²) < 4.78 is 5.51. The van der Waals surface area contributed by atoms with E-state index in [2.05, 4.69) is 39.8 Å². The van der Waals surface area contributed by atoms with Gasteiger partial charge in [0, 0.05) is 26.7 Å². The molecule has 0 aliphatic carbocycles. The van der Waals surface area contributed by atoms with E-state index in [1.54, 1.807) is 4.90 Å². The molecule has 3 rings (SSSR count). The van der Waals surface area contributed by atoms with E-state index >= 15 is 0 Å². The van der Waals surface area contributed by atoms with Gasteiger partial charge >= 0.3 is 6.09 Å². The second kappa shape index (κ2) is 8.42. The van der Waals surface area contributed by atoms with Crippen LogP contribution >= 0.6 is 0 Å². The van der Waals surface area contributed by atoms with E-state index in [4.69, 9.17) is 4.74 Å². The lowest BCUT2D eigenvalue weighted by atomic mass is 10.2. The number of para-hydroxylation sites is 1. The molecule has 0 atom stereocenters. The molecule has 1 saturated heterocycles. The van der Waals surface area contributed by atoms with E-state index in [1.165, 1.54) is 5.56 Å². The van der Waals surface area contributed by atoms with Crippen LogP contribution in [0, 0.1) is 0 Å². The van der Waals surface area contributed by atoms with Gasteiger partial charge in [-0.1, -0.05) is 36.4 Å². The summed E-state index contributed by atoms with van der Waals surface area (Å²) in [4.78, 5) is 16.3. The van der Waals surface area contributed by atoms with E-state index in [1.807, 2.05) is 52.1 Å². The average Bonchev–Trinajstić information content (AvgIpc) is 3.15. The highest BCUT2D eigenvalue weighted by Gasteiger charge is 2.29. The van der Waals surface area contributed by atoms with Crippen molar-refractivity contribution < 1.29 is 9.53 Å². The summed E-state index contributed by atoms with van der Waals surface area (Å²) in [5.74, 6) is 0. The Labute approximate surface area is 167 Å². The number of carbonyl (C=O) groups is 1. The molecule has 0 radical (unpaired) electrons. The van der Waals surface area contributed by atoms with Crippen LogP contribution in [0.5, 0.6) is 0 Å². The Morgan fingerprint density at radius 3 is 2.50 bits per heavy atom. The zero-order chi connectivity index (χ0) is 20.1. The lowest BCUT2D eigenvalue weighted by molar-refractivity contribution is 0.0297. The van der Waals surface area contributed by atoms with E-state index < -0.39 is 5.60 Å². The Morgan fingerprint density at radius 2 is 1.82 bits per heavy atom. The third-order valence-electron chi connectivity index (χ3n) is 4.59. The molecule has 2 N–H and O–H groups in total. The van der Waals surface area contributed by atoms with Crippen molar-refractivity contribution >= 4 is 23.2 Å². The van der Waals surface area contributed by atoms with Crippen molar-refractivity contribution in [3.63, 3.8) is 0 Å². The van der Waals surface area contributed by atoms with Crippen LogP contribution in [-0.2, 0) is 11.3 Å². The topological polar surface area (TPSA) is 56.8 Å². The summed E-state index contributed by atoms with van der Waals surface area (Å²) in [6.07, 6.45) is -0.264. The van der Waals surface area contributed by atoms with Crippen LogP contribution in [0.2, 0.25) is 0 Å². The van der Waals surface area contributed by atoms with E-state index in [-0.39, 0.29) is 6.09 Å². The third-order valence-corrected chi connectivity index (χ3v) is 4.59. The highest BCUT2D eigenvalue weighted by atomic mass is 16.6. The van der Waals surface area contributed by atoms with Gasteiger partial charge in [-0.3, -0.25) is 4.90 Å². The maximum Gasteiger partial charge on any atom is 0.411 e. The third kappa shape index (κ3) is 4.88. The maximum absolute atomic E-state index is 12.4. The number of carbonyl (C=O) groups excluding carboxylic acids is 1. The van der Waals surface area contributed by atoms with Crippen LogP contribution in [0.1, 0.15) is 26.3 Å². The molecule has 0 unspecified atom stereocenters. The van der Waals surface area contributed by atoms with Crippen molar-refractivity contribution in [2.24, 2.45) is 0 Å². The van der Waals surface area contributed by atoms with Crippen LogP contribution in [0.4, 0.5) is 21.9 Å². The molecule has 0 spiro atoms. The summed E-state index contributed by atoms with van der Waals surface area (Å²) in [5.41, 5.74) is 3.89. The minimum atomic E-state index is -0.484. The van der Waals surface area contributed by atoms with Crippen LogP contribution in [0.25, 0.3) is 0 Å². The van der Waals surface area contributed by atoms with E-state index in [9.17, 15) is 4.79 Å². The second-order valence-electron chi connectivity index (χ2n) is 7.94. The van der Waals surface area contributed by atoms with E-state index in [0.29, 0.717) is 13.2 Å². The molecular weight excluding hydrogens is 352 g/mol. The Hall–Kier alpha value is -2.89. The van der Waals surface area contributed by atoms with Gasteiger partial charge in [-0.2, -0.15) is 0 Å². The van der Waals surface area contributed by atoms with Gasteiger partial charge in [0.15, 0.2) is 0 Å². The maximum atomic E-state index is 12.4. The van der Waals surface area contributed by atoms with Gasteiger partial charge in [0.25, 0.3) is 0 Å². The van der Waals surface area contributed by atoms with Gasteiger partial charge in [-0.25, -0.2) is 4.79 Å². The zero-order valence-electron chi connectivity index (χ0n) is 17.2. The summed E-state index contributed by atoms with van der Waals surface area (Å²) in [6.45, 7) is 8.36. The van der Waals surface area contributed by atoms with Crippen molar-refractivity contribution in [3.05, 3.63) is 54.1 Å². The lowest BCUT2D eigenvalue weighted by Crippen LogP contribution is -2.36. The molecular formula is C22H30N4O2. The molecule has 1 amide bonds. The first-order valence-electron chi connectivity index (χ1n) is 9.69. The number of nitrogens with zero attached hydrogens (tertiary/aromatic N) is 2. The molecule has 1 fully saturated rings. The number of rotatable bonds is 5. The molecule has 6 nitrogen and oxygen atoms in total. The van der Waals surface area contributed by atoms with Crippen LogP contribution in [0.15, 0.2) is 48.5 Å². The second-order valence-corrected chi connectivity index (χ2v) is 7.94. The van der Waals surface area contributed by atoms with Crippen molar-refractivity contribution in [1.29, 1.82) is 0 Å². The Balaban J connectivity index is 1.71. The van der Waals surface area contributed by atoms with Gasteiger partial charge in [0.2, 0.25) is 0 Å². The van der Waals surface area contributed by atoms with Gasteiger partial charge < -0.3 is 20.3 Å². The first-order chi connectivity index (χ1) is 13.4. The number of ether oxygens (including phenoxy) is 1. The number of nitrogens with one attached hydrogen (secondary N) is 2. The normalized spacial score (nSPS) is 14.1. The fourth-order valence-electron chi connectivity index (χ4n) is 3.27. The van der Waals surface area contributed by atoms with Crippen LogP contribution in [-0.4, -0.2) is 43.4 Å². The minimum absolute atomic E-state index is 0.264. The van der Waals surface area contributed by atoms with Crippen molar-refractivity contribution in [2.75, 3.05) is 42.3 Å². The van der Waals surface area contributed by atoms with Crippen molar-refractivity contribution in [3.8, 4) is 0 Å². The zero-order valence-corrected chi connectivity index (χ0v) is 17.2. The fourth-order valence-corrected chi connectivity index (χ4v) is 3.27. The largest absolute Gasteiger partial charge is 0.444 e. The predicted octanol–water partition coefficient (Wildman–Crippen LogP) is 4.36. The van der Waals surface area contributed by atoms with E-state index in [0.717, 1.165) is 30.2 Å². The number of hydrogen-bond donors (Lipinski definition) is 2. The smallest absolute Gasteiger partial charge is 0.411 e. The summed E-state index contributed by atoms with van der Waals surface area (Å²) in [7, 11) is 1.92. The van der Waals surface area contributed by atoms with Crippen molar-refractivity contribution in [2.45, 2.75) is 32.9 Å². The molecule has 28 heavy (non-hydrogen) atoms. The molecule has 0 saturated carbocycles. The Morgan fingerprint density at radius 1 is 1.07 bits per heavy atom. The van der Waals surface area contributed by atoms with Gasteiger partial charge in [-0.05, 0) is 38.5 Å². The predicted molar refractivity (Wildman–Crippen MR) is 115 cm³/mol. The lowest BCUT2D eigenvalue weighted by Gasteiger charge is -2.26. The molecule has 0 bridgehead atoms. The van der Waals surface area contributed by atoms with Gasteiger partial charge in [0.1, 0.15) is 5.60 Å². The molecule has 150 valence electrons. The summed E-state index contributed by atoms with van der Waals surface area (Å²) in [5, 5.41) is 6.84. The van der Waals surface area contributed by atoms with Crippen LogP contribution < -0.4 is 15.5 Å². The molecule has 1 aliphatic rings. The molecule has 2 aromatic carbocycles. The Bertz CT molecular complexity index is 802. The van der Waals surface area contributed by atoms with Crippen LogP contribution in [0.3, 0.4) is 0 Å². The SMILES string of the molecule is CNc1c(NCc2ccccc2)cccc1N1CCN(C(=O)OC(C)(C)C)C1. The molecule has 1 aliphatic heterocycles. The van der Waals surface area contributed by atoms with Gasteiger partial charge in [-0.15, -0.1) is 0 Å².